The van der Waals surface area contributed by atoms with Crippen LogP contribution in [0.5, 0.6) is 0 Å². The van der Waals surface area contributed by atoms with E-state index in [0.29, 0.717) is 0 Å². The minimum atomic E-state index is -4.93. The van der Waals surface area contributed by atoms with Gasteiger partial charge in [0.1, 0.15) is 10.1 Å². The zero-order chi connectivity index (χ0) is 15.1. The van der Waals surface area contributed by atoms with Crippen molar-refractivity contribution in [3.8, 4) is 0 Å². The fourth-order valence-electron chi connectivity index (χ4n) is 1.79. The molecule has 0 atom stereocenters. The molecule has 21 heavy (non-hydrogen) atoms. The molecule has 0 unspecified atom stereocenters. The molecule has 0 heterocycles. The smallest absolute Gasteiger partial charge is 0.744 e. The van der Waals surface area contributed by atoms with Crippen molar-refractivity contribution in [2.24, 2.45) is 0 Å². The Morgan fingerprint density at radius 3 is 2.00 bits per heavy atom. The molecule has 2 aromatic rings. The van der Waals surface area contributed by atoms with Crippen LogP contribution >= 0.6 is 0 Å². The number of carboxylic acids is 2. The molecule has 0 amide bonds. The molecule has 0 fully saturated rings. The molecule has 0 aliphatic heterocycles. The van der Waals surface area contributed by atoms with Crippen LogP contribution < -0.4 is 18.9 Å². The second-order valence-corrected chi connectivity index (χ2v) is 5.32. The van der Waals surface area contributed by atoms with Crippen molar-refractivity contribution >= 4 is 32.8 Å². The SMILES string of the molecule is O=C(O)c1cc(S(=O)(=O)[O-])c2cc(C(=O)O)ccc2c1.[Li+]. The van der Waals surface area contributed by atoms with E-state index in [0.717, 1.165) is 18.2 Å². The zero-order valence-electron chi connectivity index (χ0n) is 10.7. The largest absolute Gasteiger partial charge is 1.00 e. The molecule has 0 saturated heterocycles. The monoisotopic (exact) mass is 302 g/mol. The molecule has 104 valence electrons. The van der Waals surface area contributed by atoms with Gasteiger partial charge in [-0.2, -0.15) is 0 Å². The van der Waals surface area contributed by atoms with Crippen molar-refractivity contribution in [2.75, 3.05) is 0 Å². The van der Waals surface area contributed by atoms with Crippen LogP contribution in [-0.2, 0) is 10.1 Å². The molecule has 9 heteroatoms. The molecule has 2 N–H and O–H groups in total. The van der Waals surface area contributed by atoms with Gasteiger partial charge >= 0.3 is 30.8 Å². The molecule has 0 aromatic heterocycles. The van der Waals surface area contributed by atoms with E-state index in [-0.39, 0.29) is 40.8 Å². The third-order valence-electron chi connectivity index (χ3n) is 2.68. The maximum absolute atomic E-state index is 11.2. The van der Waals surface area contributed by atoms with Crippen molar-refractivity contribution in [2.45, 2.75) is 4.90 Å². The number of hydrogen-bond donors (Lipinski definition) is 2. The Hall–Kier alpha value is -1.85. The summed E-state index contributed by atoms with van der Waals surface area (Å²) in [5.41, 5.74) is -0.569. The van der Waals surface area contributed by atoms with E-state index in [1.165, 1.54) is 12.1 Å². The number of benzene rings is 2. The summed E-state index contributed by atoms with van der Waals surface area (Å²) in [6, 6.07) is 5.35. The molecular weight excluding hydrogens is 295 g/mol. The molecule has 2 aromatic carbocycles. The molecular formula is C12H7LiO7S. The quantitative estimate of drug-likeness (QED) is 0.502. The van der Waals surface area contributed by atoms with Gasteiger partial charge in [0, 0.05) is 5.39 Å². The van der Waals surface area contributed by atoms with Crippen molar-refractivity contribution in [3.05, 3.63) is 41.5 Å². The van der Waals surface area contributed by atoms with E-state index in [4.69, 9.17) is 10.2 Å². The molecule has 0 aliphatic carbocycles. The molecule has 0 saturated carbocycles. The molecule has 2 rings (SSSR count). The van der Waals surface area contributed by atoms with Gasteiger partial charge in [-0.15, -0.1) is 0 Å². The maximum Gasteiger partial charge on any atom is 1.00 e. The van der Waals surface area contributed by atoms with Crippen LogP contribution in [0.3, 0.4) is 0 Å². The Kier molecular flexibility index (Phi) is 4.81. The minimum absolute atomic E-state index is 0. The van der Waals surface area contributed by atoms with Crippen molar-refractivity contribution < 1.29 is 51.6 Å². The third kappa shape index (κ3) is 3.43. The minimum Gasteiger partial charge on any atom is -0.744 e. The zero-order valence-corrected chi connectivity index (χ0v) is 11.5. The summed E-state index contributed by atoms with van der Waals surface area (Å²) in [4.78, 5) is 21.0. The van der Waals surface area contributed by atoms with E-state index in [2.05, 4.69) is 0 Å². The van der Waals surface area contributed by atoms with Crippen LogP contribution in [0.4, 0.5) is 0 Å². The Balaban J connectivity index is 0.00000220. The predicted molar refractivity (Wildman–Crippen MR) is 65.8 cm³/mol. The molecule has 0 bridgehead atoms. The second-order valence-electron chi connectivity index (χ2n) is 3.97. The van der Waals surface area contributed by atoms with Crippen LogP contribution in [0, 0.1) is 0 Å². The van der Waals surface area contributed by atoms with Crippen LogP contribution in [0.25, 0.3) is 10.8 Å². The number of hydrogen-bond acceptors (Lipinski definition) is 5. The van der Waals surface area contributed by atoms with Crippen LogP contribution in [0.1, 0.15) is 20.7 Å². The number of carboxylic acid groups (broad SMARTS) is 2. The summed E-state index contributed by atoms with van der Waals surface area (Å²) in [7, 11) is -4.93. The summed E-state index contributed by atoms with van der Waals surface area (Å²) in [6.07, 6.45) is 0. The Morgan fingerprint density at radius 1 is 0.952 bits per heavy atom. The third-order valence-corrected chi connectivity index (χ3v) is 3.56. The molecule has 7 nitrogen and oxygen atoms in total. The average Bonchev–Trinajstić information content (AvgIpc) is 2.35. The first-order chi connectivity index (χ1) is 9.20. The van der Waals surface area contributed by atoms with E-state index in [9.17, 15) is 22.6 Å². The topological polar surface area (TPSA) is 132 Å². The van der Waals surface area contributed by atoms with Gasteiger partial charge in [-0.3, -0.25) is 0 Å². The van der Waals surface area contributed by atoms with E-state index >= 15 is 0 Å². The fourth-order valence-corrected chi connectivity index (χ4v) is 2.50. The number of rotatable bonds is 3. The van der Waals surface area contributed by atoms with E-state index < -0.39 is 27.0 Å². The number of carbonyl (C=O) groups is 2. The van der Waals surface area contributed by atoms with Gasteiger partial charge in [0.2, 0.25) is 0 Å². The van der Waals surface area contributed by atoms with Gasteiger partial charge < -0.3 is 14.8 Å². The van der Waals surface area contributed by atoms with Crippen LogP contribution in [0.15, 0.2) is 35.2 Å². The van der Waals surface area contributed by atoms with E-state index in [1.54, 1.807) is 0 Å². The fraction of sp³-hybridized carbons (Fsp3) is 0. The summed E-state index contributed by atoms with van der Waals surface area (Å²) in [6.45, 7) is 0. The standard InChI is InChI=1S/C12H8O7S.Li/c13-11(14)7-2-1-6-3-8(12(15)16)5-10(9(6)4-7)20(17,18)19;/h1-5H,(H,13,14)(H,15,16)(H,17,18,19);/q;+1/p-1. The maximum atomic E-state index is 11.2. The average molecular weight is 302 g/mol. The van der Waals surface area contributed by atoms with Crippen molar-refractivity contribution in [1.29, 1.82) is 0 Å². The van der Waals surface area contributed by atoms with E-state index in [1.807, 2.05) is 0 Å². The second kappa shape index (κ2) is 5.87. The van der Waals surface area contributed by atoms with Crippen LogP contribution in [-0.4, -0.2) is 35.1 Å². The molecule has 0 aliphatic rings. The summed E-state index contributed by atoms with van der Waals surface area (Å²) in [5, 5.41) is 17.8. The van der Waals surface area contributed by atoms with Crippen LogP contribution in [0.2, 0.25) is 0 Å². The normalized spacial score (nSPS) is 10.9. The summed E-state index contributed by atoms with van der Waals surface area (Å²) < 4.78 is 33.6. The van der Waals surface area contributed by atoms with Gasteiger partial charge in [0.25, 0.3) is 0 Å². The number of aromatic carboxylic acids is 2. The van der Waals surface area contributed by atoms with Gasteiger partial charge in [-0.05, 0) is 29.7 Å². The summed E-state index contributed by atoms with van der Waals surface area (Å²) >= 11 is 0. The Labute approximate surface area is 131 Å². The first-order valence-electron chi connectivity index (χ1n) is 5.20. The number of fused-ring (bicyclic) bond motifs is 1. The van der Waals surface area contributed by atoms with Crippen molar-refractivity contribution in [3.63, 3.8) is 0 Å². The van der Waals surface area contributed by atoms with Crippen molar-refractivity contribution in [1.82, 2.24) is 0 Å². The molecule has 0 radical (unpaired) electrons. The van der Waals surface area contributed by atoms with Gasteiger partial charge in [-0.25, -0.2) is 18.0 Å². The first kappa shape index (κ1) is 17.2. The van der Waals surface area contributed by atoms with Gasteiger partial charge in [0.05, 0.1) is 16.0 Å². The Morgan fingerprint density at radius 2 is 1.52 bits per heavy atom. The van der Waals surface area contributed by atoms with Gasteiger partial charge in [0.15, 0.2) is 0 Å². The van der Waals surface area contributed by atoms with Gasteiger partial charge in [-0.1, -0.05) is 6.07 Å². The molecule has 0 spiro atoms. The Bertz CT molecular complexity index is 842. The predicted octanol–water partition coefficient (Wildman–Crippen LogP) is -1.86. The first-order valence-corrected chi connectivity index (χ1v) is 6.61. The summed E-state index contributed by atoms with van der Waals surface area (Å²) in [5.74, 6) is -2.68.